The molecular weight excluding hydrogens is 236 g/mol. The lowest BCUT2D eigenvalue weighted by molar-refractivity contribution is -0.151. The molecule has 0 spiro atoms. The van der Waals surface area contributed by atoms with Gasteiger partial charge in [0.1, 0.15) is 5.60 Å². The first-order valence-corrected chi connectivity index (χ1v) is 7.18. The van der Waals surface area contributed by atoms with E-state index >= 15 is 0 Å². The molecule has 5 heteroatoms. The normalized spacial score (nSPS) is 12.5. The van der Waals surface area contributed by atoms with Gasteiger partial charge in [-0.15, -0.1) is 11.6 Å². The van der Waals surface area contributed by atoms with Gasteiger partial charge in [0.15, 0.2) is 0 Å². The number of nitrogens with zero attached hydrogens (tertiary/aromatic N) is 1. The van der Waals surface area contributed by atoms with E-state index in [2.05, 4.69) is 9.68 Å². The fourth-order valence-corrected chi connectivity index (χ4v) is 1.78. The quantitative estimate of drug-likeness (QED) is 0.398. The molecule has 102 valence electrons. The van der Waals surface area contributed by atoms with Crippen molar-refractivity contribution in [3.8, 4) is 0 Å². The van der Waals surface area contributed by atoms with Crippen molar-refractivity contribution in [2.45, 2.75) is 45.6 Å². The van der Waals surface area contributed by atoms with Crippen LogP contribution in [0, 0.1) is 0 Å². The van der Waals surface area contributed by atoms with Gasteiger partial charge in [-0.3, -0.25) is 9.16 Å². The molecule has 0 unspecified atom stereocenters. The maximum atomic E-state index is 11.3. The van der Waals surface area contributed by atoms with Crippen LogP contribution in [0.15, 0.2) is 4.36 Å². The second kappa shape index (κ2) is 9.59. The zero-order chi connectivity index (χ0) is 13.1. The van der Waals surface area contributed by atoms with Crippen LogP contribution in [0.3, 0.4) is 0 Å². The molecule has 0 fully saturated rings. The van der Waals surface area contributed by atoms with Crippen molar-refractivity contribution >= 4 is 17.5 Å². The molecule has 17 heavy (non-hydrogen) atoms. The van der Waals surface area contributed by atoms with Crippen LogP contribution in [-0.2, 0) is 21.1 Å². The van der Waals surface area contributed by atoms with E-state index in [4.69, 9.17) is 4.74 Å². The fraction of sp³-hybridized carbons (Fsp3) is 0.917. The fourth-order valence-electron chi connectivity index (χ4n) is 1.21. The third kappa shape index (κ3) is 13.5. The Labute approximate surface area is 109 Å². The van der Waals surface area contributed by atoms with Gasteiger partial charge in [-0.2, -0.15) is 0 Å². The molecule has 0 amide bonds. The first-order valence-electron chi connectivity index (χ1n) is 6.15. The van der Waals surface area contributed by atoms with Gasteiger partial charge in [-0.05, 0) is 47.2 Å². The van der Waals surface area contributed by atoms with Crippen molar-refractivity contribution in [2.75, 3.05) is 25.9 Å². The second-order valence-electron chi connectivity index (χ2n) is 4.92. The molecule has 1 N–H and O–H groups in total. The van der Waals surface area contributed by atoms with Crippen molar-refractivity contribution in [3.05, 3.63) is 0 Å². The van der Waals surface area contributed by atoms with Crippen LogP contribution < -0.4 is 5.32 Å². The van der Waals surface area contributed by atoms with Gasteiger partial charge in [-0.1, -0.05) is 6.42 Å². The number of unbranched alkanes of at least 4 members (excludes halogenated alkanes) is 2. The van der Waals surface area contributed by atoms with Crippen LogP contribution in [0.5, 0.6) is 0 Å². The van der Waals surface area contributed by atoms with Crippen LogP contribution in [0.1, 0.15) is 40.0 Å². The standard InChI is InChI=1S/C12H26N2O2S/c1-12(2,3)16-11(15)10-17-14-9-7-5-6-8-13-4/h13,17H,5-10H2,1-4H3. The lowest BCUT2D eigenvalue weighted by Gasteiger charge is -2.18. The molecule has 0 saturated carbocycles. The number of carbonyl (C=O) groups excluding carboxylic acids is 1. The Bertz CT molecular complexity index is 237. The lowest BCUT2D eigenvalue weighted by Crippen LogP contribution is -2.25. The smallest absolute Gasteiger partial charge is 0.317 e. The van der Waals surface area contributed by atoms with Gasteiger partial charge in [0.2, 0.25) is 0 Å². The predicted octanol–water partition coefficient (Wildman–Crippen LogP) is 1.72. The van der Waals surface area contributed by atoms with E-state index in [1.165, 1.54) is 12.8 Å². The number of carbonyl (C=O) groups is 1. The summed E-state index contributed by atoms with van der Waals surface area (Å²) in [5.74, 6) is 0.200. The highest BCUT2D eigenvalue weighted by Gasteiger charge is 2.14. The summed E-state index contributed by atoms with van der Waals surface area (Å²) in [7, 11) is 1.96. The van der Waals surface area contributed by atoms with Crippen molar-refractivity contribution in [3.63, 3.8) is 0 Å². The Hall–Kier alpha value is -0.420. The minimum Gasteiger partial charge on any atom is -0.459 e. The molecule has 0 bridgehead atoms. The number of esters is 1. The minimum absolute atomic E-state index is 0.168. The third-order valence-electron chi connectivity index (χ3n) is 1.90. The molecule has 0 aromatic rings. The number of rotatable bonds is 8. The molecule has 0 rings (SSSR count). The molecule has 0 aromatic carbocycles. The zero-order valence-corrected chi connectivity index (χ0v) is 12.3. The summed E-state index contributed by atoms with van der Waals surface area (Å²) in [5.41, 5.74) is -0.389. The third-order valence-corrected chi connectivity index (χ3v) is 2.70. The van der Waals surface area contributed by atoms with Gasteiger partial charge in [0.05, 0.1) is 5.75 Å². The van der Waals surface area contributed by atoms with E-state index in [0.717, 1.165) is 31.1 Å². The van der Waals surface area contributed by atoms with Crippen LogP contribution >= 0.6 is 0 Å². The Morgan fingerprint density at radius 2 is 2.00 bits per heavy atom. The summed E-state index contributed by atoms with van der Waals surface area (Å²) < 4.78 is 9.47. The van der Waals surface area contributed by atoms with Crippen molar-refractivity contribution in [2.24, 2.45) is 4.36 Å². The number of hydrogen-bond donors (Lipinski definition) is 2. The molecule has 0 radical (unpaired) electrons. The Balaban J connectivity index is 3.44. The molecule has 0 heterocycles. The van der Waals surface area contributed by atoms with Crippen molar-refractivity contribution < 1.29 is 9.53 Å². The Morgan fingerprint density at radius 3 is 2.59 bits per heavy atom. The average Bonchev–Trinajstić information content (AvgIpc) is 2.19. The number of hydrogen-bond acceptors (Lipinski definition) is 4. The van der Waals surface area contributed by atoms with Gasteiger partial charge >= 0.3 is 5.97 Å². The highest BCUT2D eigenvalue weighted by atomic mass is 32.1. The summed E-state index contributed by atoms with van der Waals surface area (Å²) in [5, 5.41) is 3.11. The van der Waals surface area contributed by atoms with E-state index in [-0.39, 0.29) is 11.6 Å². The molecule has 0 atom stereocenters. The van der Waals surface area contributed by atoms with Crippen LogP contribution in [0.25, 0.3) is 0 Å². The number of nitrogens with one attached hydrogen (secondary N) is 1. The van der Waals surface area contributed by atoms with Gasteiger partial charge in [-0.25, -0.2) is 0 Å². The minimum atomic E-state index is -0.389. The maximum absolute atomic E-state index is 11.3. The summed E-state index contributed by atoms with van der Waals surface area (Å²) in [4.78, 5) is 11.3. The highest BCUT2D eigenvalue weighted by molar-refractivity contribution is 7.69. The Kier molecular flexibility index (Phi) is 9.36. The monoisotopic (exact) mass is 262 g/mol. The Morgan fingerprint density at radius 1 is 1.29 bits per heavy atom. The first-order chi connectivity index (χ1) is 7.95. The molecule has 4 nitrogen and oxygen atoms in total. The number of ether oxygens (including phenoxy) is 1. The first kappa shape index (κ1) is 16.6. The van der Waals surface area contributed by atoms with Crippen LogP contribution in [-0.4, -0.2) is 37.5 Å². The SMILES string of the molecule is CNCCCCC/N=[SH]/CC(=O)OC(C)(C)C. The summed E-state index contributed by atoms with van der Waals surface area (Å²) in [6, 6.07) is 0. The summed E-state index contributed by atoms with van der Waals surface area (Å²) in [6.45, 7) is 7.53. The average molecular weight is 262 g/mol. The van der Waals surface area contributed by atoms with E-state index < -0.39 is 0 Å². The largest absolute Gasteiger partial charge is 0.459 e. The second-order valence-corrected chi connectivity index (χ2v) is 5.80. The van der Waals surface area contributed by atoms with Crippen LogP contribution in [0.2, 0.25) is 0 Å². The topological polar surface area (TPSA) is 50.7 Å². The van der Waals surface area contributed by atoms with Gasteiger partial charge < -0.3 is 10.1 Å². The molecule has 0 aliphatic heterocycles. The molecule has 0 aliphatic rings. The lowest BCUT2D eigenvalue weighted by atomic mass is 10.2. The molecular formula is C12H26N2O2S. The molecule has 0 saturated heterocycles. The van der Waals surface area contributed by atoms with Gasteiger partial charge in [0.25, 0.3) is 0 Å². The van der Waals surface area contributed by atoms with E-state index in [1.807, 2.05) is 27.8 Å². The predicted molar refractivity (Wildman–Crippen MR) is 74.5 cm³/mol. The van der Waals surface area contributed by atoms with Crippen molar-refractivity contribution in [1.82, 2.24) is 5.32 Å². The van der Waals surface area contributed by atoms with Gasteiger partial charge in [0, 0.05) is 6.54 Å². The van der Waals surface area contributed by atoms with E-state index in [9.17, 15) is 4.79 Å². The number of thiol groups is 1. The van der Waals surface area contributed by atoms with E-state index in [0.29, 0.717) is 5.75 Å². The van der Waals surface area contributed by atoms with Crippen LogP contribution in [0.4, 0.5) is 0 Å². The molecule has 0 aromatic heterocycles. The zero-order valence-electron chi connectivity index (χ0n) is 11.5. The van der Waals surface area contributed by atoms with E-state index in [1.54, 1.807) is 0 Å². The highest BCUT2D eigenvalue weighted by Crippen LogP contribution is 2.06. The summed E-state index contributed by atoms with van der Waals surface area (Å²) >= 11 is 0.823. The summed E-state index contributed by atoms with van der Waals surface area (Å²) in [6.07, 6.45) is 3.48. The maximum Gasteiger partial charge on any atom is 0.317 e. The van der Waals surface area contributed by atoms with Crippen molar-refractivity contribution in [1.29, 1.82) is 0 Å². The molecule has 0 aliphatic carbocycles.